The lowest BCUT2D eigenvalue weighted by Crippen LogP contribution is -2.39. The molecule has 0 fully saturated rings. The van der Waals surface area contributed by atoms with Crippen LogP contribution in [0.1, 0.15) is 5.56 Å². The number of imidazole rings is 1. The number of pyridine rings is 1. The van der Waals surface area contributed by atoms with E-state index in [-0.39, 0.29) is 30.5 Å². The summed E-state index contributed by atoms with van der Waals surface area (Å²) in [6, 6.07) is 8.07. The second-order valence-corrected chi connectivity index (χ2v) is 8.33. The highest BCUT2D eigenvalue weighted by molar-refractivity contribution is 7.89. The van der Waals surface area contributed by atoms with E-state index >= 15 is 0 Å². The van der Waals surface area contributed by atoms with Crippen molar-refractivity contribution < 1.29 is 22.7 Å². The van der Waals surface area contributed by atoms with Gasteiger partial charge in [0.25, 0.3) is 0 Å². The molecule has 0 saturated carbocycles. The van der Waals surface area contributed by atoms with E-state index in [1.54, 1.807) is 53.8 Å². The molecule has 0 unspecified atom stereocenters. The Morgan fingerprint density at radius 3 is 2.90 bits per heavy atom. The first-order chi connectivity index (χ1) is 14.5. The normalized spacial score (nSPS) is 12.9. The minimum Gasteiger partial charge on any atom is -0.454 e. The van der Waals surface area contributed by atoms with Crippen LogP contribution in [0.4, 0.5) is 0 Å². The van der Waals surface area contributed by atoms with Crippen LogP contribution < -0.4 is 14.8 Å². The molecule has 3 aromatic rings. The Bertz CT molecular complexity index is 1160. The molecule has 10 nitrogen and oxygen atoms in total. The number of carbonyl (C=O) groups excluding carboxylic acids is 1. The Balaban J connectivity index is 1.70. The Hall–Kier alpha value is -3.44. The van der Waals surface area contributed by atoms with E-state index in [0.717, 1.165) is 4.31 Å². The van der Waals surface area contributed by atoms with Gasteiger partial charge in [0.1, 0.15) is 17.0 Å². The van der Waals surface area contributed by atoms with Gasteiger partial charge in [-0.1, -0.05) is 6.07 Å². The molecule has 30 heavy (non-hydrogen) atoms. The average molecular weight is 429 g/mol. The molecule has 0 atom stereocenters. The number of amides is 1. The number of rotatable bonds is 7. The van der Waals surface area contributed by atoms with E-state index < -0.39 is 15.9 Å². The van der Waals surface area contributed by atoms with Crippen LogP contribution in [-0.2, 0) is 21.4 Å². The van der Waals surface area contributed by atoms with Gasteiger partial charge in [-0.05, 0) is 29.8 Å². The highest BCUT2D eigenvalue weighted by atomic mass is 32.2. The molecule has 1 amide bonds. The van der Waals surface area contributed by atoms with Crippen molar-refractivity contribution >= 4 is 15.9 Å². The van der Waals surface area contributed by atoms with Gasteiger partial charge in [0.05, 0.1) is 6.54 Å². The monoisotopic (exact) mass is 429 g/mol. The van der Waals surface area contributed by atoms with Gasteiger partial charge in [-0.3, -0.25) is 9.36 Å². The van der Waals surface area contributed by atoms with Crippen molar-refractivity contribution in [1.29, 1.82) is 0 Å². The van der Waals surface area contributed by atoms with Gasteiger partial charge in [0.15, 0.2) is 11.5 Å². The van der Waals surface area contributed by atoms with Crippen molar-refractivity contribution in [1.82, 2.24) is 24.2 Å². The lowest BCUT2D eigenvalue weighted by molar-refractivity contribution is -0.120. The van der Waals surface area contributed by atoms with Gasteiger partial charge in [-0.2, -0.15) is 4.31 Å². The lowest BCUT2D eigenvalue weighted by atomic mass is 10.2. The second kappa shape index (κ2) is 8.13. The van der Waals surface area contributed by atoms with E-state index in [4.69, 9.17) is 9.47 Å². The van der Waals surface area contributed by atoms with Gasteiger partial charge in [-0.25, -0.2) is 18.4 Å². The van der Waals surface area contributed by atoms with Crippen LogP contribution in [0.3, 0.4) is 0 Å². The van der Waals surface area contributed by atoms with E-state index in [1.807, 2.05) is 0 Å². The molecule has 0 aliphatic carbocycles. The van der Waals surface area contributed by atoms with Crippen LogP contribution >= 0.6 is 0 Å². The fraction of sp³-hybridized carbons (Fsp3) is 0.211. The zero-order chi connectivity index (χ0) is 21.1. The van der Waals surface area contributed by atoms with Gasteiger partial charge >= 0.3 is 0 Å². The number of likely N-dealkylation sites (N-methyl/N-ethyl adjacent to an activating group) is 1. The van der Waals surface area contributed by atoms with Crippen molar-refractivity contribution in [2.75, 3.05) is 20.4 Å². The second-order valence-electron chi connectivity index (χ2n) is 6.43. The predicted octanol–water partition coefficient (Wildman–Crippen LogP) is 0.933. The largest absolute Gasteiger partial charge is 0.454 e. The third-order valence-corrected chi connectivity index (χ3v) is 6.33. The lowest BCUT2D eigenvalue weighted by Gasteiger charge is -2.22. The number of para-hydroxylation sites is 1. The molecule has 2 aromatic heterocycles. The first-order valence-corrected chi connectivity index (χ1v) is 10.5. The van der Waals surface area contributed by atoms with Gasteiger partial charge in [-0.15, -0.1) is 0 Å². The standard InChI is InChI=1S/C19H19N5O5S/c1-20-18(25)11-24(10-14-5-6-22-17(9-14)23-8-7-21-12-23)30(26,27)16-4-2-3-15-19(16)29-13-28-15/h2-9,12H,10-11,13H2,1H3,(H,20,25). The molecule has 0 saturated heterocycles. The molecule has 4 rings (SSSR count). The van der Waals surface area contributed by atoms with Crippen molar-refractivity contribution in [2.24, 2.45) is 0 Å². The number of nitrogens with one attached hydrogen (secondary N) is 1. The molecule has 1 aliphatic heterocycles. The summed E-state index contributed by atoms with van der Waals surface area (Å²) >= 11 is 0. The van der Waals surface area contributed by atoms with Crippen LogP contribution in [-0.4, -0.2) is 53.6 Å². The maximum Gasteiger partial charge on any atom is 0.247 e. The van der Waals surface area contributed by atoms with Crippen molar-refractivity contribution in [3.63, 3.8) is 0 Å². The average Bonchev–Trinajstić information content (AvgIpc) is 3.45. The Kier molecular flexibility index (Phi) is 5.38. The summed E-state index contributed by atoms with van der Waals surface area (Å²) in [5.41, 5.74) is 0.658. The number of benzene rings is 1. The molecule has 3 heterocycles. The highest BCUT2D eigenvalue weighted by Crippen LogP contribution is 2.39. The number of hydrogen-bond acceptors (Lipinski definition) is 7. The summed E-state index contributed by atoms with van der Waals surface area (Å²) < 4.78 is 40.3. The van der Waals surface area contributed by atoms with Crippen molar-refractivity contribution in [3.8, 4) is 17.3 Å². The molecule has 1 aromatic carbocycles. The molecule has 0 radical (unpaired) electrons. The molecular formula is C19H19N5O5S. The van der Waals surface area contributed by atoms with Crippen LogP contribution in [0.5, 0.6) is 11.5 Å². The van der Waals surface area contributed by atoms with E-state index in [0.29, 0.717) is 17.1 Å². The van der Waals surface area contributed by atoms with Gasteiger partial charge in [0, 0.05) is 32.2 Å². The van der Waals surface area contributed by atoms with Crippen LogP contribution in [0.25, 0.3) is 5.82 Å². The highest BCUT2D eigenvalue weighted by Gasteiger charge is 2.32. The number of ether oxygens (including phenoxy) is 2. The maximum absolute atomic E-state index is 13.4. The van der Waals surface area contributed by atoms with Crippen LogP contribution in [0.15, 0.2) is 60.1 Å². The predicted molar refractivity (Wildman–Crippen MR) is 106 cm³/mol. The fourth-order valence-corrected chi connectivity index (χ4v) is 4.54. The zero-order valence-corrected chi connectivity index (χ0v) is 16.9. The number of aromatic nitrogens is 3. The minimum atomic E-state index is -4.07. The zero-order valence-electron chi connectivity index (χ0n) is 16.1. The summed E-state index contributed by atoms with van der Waals surface area (Å²) in [4.78, 5) is 20.3. The molecule has 0 spiro atoms. The summed E-state index contributed by atoms with van der Waals surface area (Å²) in [5, 5.41) is 2.47. The molecule has 156 valence electrons. The smallest absolute Gasteiger partial charge is 0.247 e. The number of fused-ring (bicyclic) bond motifs is 1. The van der Waals surface area contributed by atoms with Crippen LogP contribution in [0.2, 0.25) is 0 Å². The summed E-state index contributed by atoms with van der Waals surface area (Å²) in [6.07, 6.45) is 6.52. The van der Waals surface area contributed by atoms with Crippen molar-refractivity contribution in [3.05, 3.63) is 60.8 Å². The SMILES string of the molecule is CNC(=O)CN(Cc1ccnc(-n2ccnc2)c1)S(=O)(=O)c1cccc2c1OCO2. The molecular weight excluding hydrogens is 410 g/mol. The first kappa shape index (κ1) is 19.9. The van der Waals surface area contributed by atoms with Crippen molar-refractivity contribution in [2.45, 2.75) is 11.4 Å². The van der Waals surface area contributed by atoms with Gasteiger partial charge < -0.3 is 14.8 Å². The van der Waals surface area contributed by atoms with E-state index in [9.17, 15) is 13.2 Å². The maximum atomic E-state index is 13.4. The third-order valence-electron chi connectivity index (χ3n) is 4.51. The molecule has 0 bridgehead atoms. The summed E-state index contributed by atoms with van der Waals surface area (Å²) in [5.74, 6) is 0.641. The number of nitrogens with zero attached hydrogens (tertiary/aromatic N) is 4. The fourth-order valence-electron chi connectivity index (χ4n) is 3.01. The Morgan fingerprint density at radius 2 is 2.13 bits per heavy atom. The van der Waals surface area contributed by atoms with Crippen LogP contribution in [0, 0.1) is 0 Å². The molecule has 1 N–H and O–H groups in total. The quantitative estimate of drug-likeness (QED) is 0.594. The number of carbonyl (C=O) groups is 1. The van der Waals surface area contributed by atoms with Gasteiger partial charge in [0.2, 0.25) is 22.7 Å². The molecule has 11 heteroatoms. The Morgan fingerprint density at radius 1 is 1.27 bits per heavy atom. The minimum absolute atomic E-state index is 0.0372. The topological polar surface area (TPSA) is 116 Å². The summed E-state index contributed by atoms with van der Waals surface area (Å²) in [7, 11) is -2.62. The molecule has 1 aliphatic rings. The number of hydrogen-bond donors (Lipinski definition) is 1. The number of sulfonamides is 1. The van der Waals surface area contributed by atoms with E-state index in [1.165, 1.54) is 13.1 Å². The third kappa shape index (κ3) is 3.84. The Labute approximate surface area is 173 Å². The van der Waals surface area contributed by atoms with E-state index in [2.05, 4.69) is 15.3 Å². The summed E-state index contributed by atoms with van der Waals surface area (Å²) in [6.45, 7) is -0.452. The first-order valence-electron chi connectivity index (χ1n) is 9.01.